The highest BCUT2D eigenvalue weighted by Crippen LogP contribution is 2.47. The van der Waals surface area contributed by atoms with Gasteiger partial charge in [-0.05, 0) is 90.8 Å². The van der Waals surface area contributed by atoms with Crippen LogP contribution in [-0.4, -0.2) is 119 Å². The van der Waals surface area contributed by atoms with E-state index in [9.17, 15) is 73.8 Å². The highest BCUT2D eigenvalue weighted by Gasteiger charge is 2.27. The van der Waals surface area contributed by atoms with E-state index >= 15 is 0 Å². The number of aromatic hydroxyl groups is 1. The summed E-state index contributed by atoms with van der Waals surface area (Å²) in [6, 6.07) is 12.4. The van der Waals surface area contributed by atoms with Crippen LogP contribution in [-0.2, 0) is 64.9 Å². The van der Waals surface area contributed by atoms with E-state index in [1.165, 1.54) is 19.1 Å². The van der Waals surface area contributed by atoms with Gasteiger partial charge in [-0.2, -0.15) is 57.0 Å². The minimum Gasteiger partial charge on any atom is -0.505 e. The first kappa shape index (κ1) is 55.6. The molecule has 0 bridgehead atoms. The number of rotatable bonds is 20. The zero-order valence-corrected chi connectivity index (χ0v) is 42.1. The van der Waals surface area contributed by atoms with Gasteiger partial charge in [-0.1, -0.05) is 0 Å². The van der Waals surface area contributed by atoms with Crippen molar-refractivity contribution in [2.45, 2.75) is 26.5 Å². The number of nitrogens with zero attached hydrogens (tertiary/aromatic N) is 7. The maximum absolute atomic E-state index is 13.0. The Morgan fingerprint density at radius 1 is 0.616 bits per heavy atom. The molecule has 0 saturated heterocycles. The van der Waals surface area contributed by atoms with Gasteiger partial charge in [-0.3, -0.25) is 22.8 Å². The number of aryl methyl sites for hydroxylation is 1. The summed E-state index contributed by atoms with van der Waals surface area (Å²) in [5.41, 5.74) is -2.81. The Morgan fingerprint density at radius 3 is 1.78 bits per heavy atom. The summed E-state index contributed by atoms with van der Waals surface area (Å²) in [5.74, 6) is -4.03. The van der Waals surface area contributed by atoms with E-state index in [1.807, 2.05) is 0 Å². The third-order valence-corrected chi connectivity index (χ3v) is 14.9. The fourth-order valence-electron chi connectivity index (χ4n) is 6.24. The van der Waals surface area contributed by atoms with Gasteiger partial charge in [0, 0.05) is 28.2 Å². The summed E-state index contributed by atoms with van der Waals surface area (Å²) < 4.78 is 203. The second-order valence-electron chi connectivity index (χ2n) is 14.4. The van der Waals surface area contributed by atoms with E-state index in [1.54, 1.807) is 0 Å². The lowest BCUT2D eigenvalue weighted by molar-refractivity contribution is 0.283. The largest absolute Gasteiger partial charge is 0.505 e. The molecular weight excluding hydrogens is 1120 g/mol. The van der Waals surface area contributed by atoms with Crippen molar-refractivity contribution in [1.82, 2.24) is 15.0 Å². The number of sulfone groups is 1. The molecule has 0 radical (unpaired) electrons. The molecule has 6 rings (SSSR count). The molecule has 0 amide bonds. The second kappa shape index (κ2) is 21.0. The summed E-state index contributed by atoms with van der Waals surface area (Å²) in [7, 11) is -28.1. The van der Waals surface area contributed by atoms with Crippen LogP contribution in [0.15, 0.2) is 113 Å². The summed E-state index contributed by atoms with van der Waals surface area (Å²) in [6.45, 7) is 0.317. The van der Waals surface area contributed by atoms with E-state index in [0.717, 1.165) is 61.7 Å². The zero-order chi connectivity index (χ0) is 54.1. The van der Waals surface area contributed by atoms with Crippen LogP contribution in [0.5, 0.6) is 11.5 Å². The number of hydrogen-bond donors (Lipinski definition) is 9. The molecule has 0 aliphatic heterocycles. The van der Waals surface area contributed by atoms with Gasteiger partial charge in [0.15, 0.2) is 15.6 Å². The molecule has 390 valence electrons. The molecule has 0 aliphatic rings. The van der Waals surface area contributed by atoms with Crippen LogP contribution in [0, 0.1) is 6.92 Å². The quantitative estimate of drug-likeness (QED) is 0.0331. The Bertz CT molecular complexity index is 3960. The molecule has 5 aromatic carbocycles. The Morgan fingerprint density at radius 2 is 1.21 bits per heavy atom. The van der Waals surface area contributed by atoms with Gasteiger partial charge in [0.1, 0.15) is 44.2 Å². The fourth-order valence-corrected chi connectivity index (χ4v) is 10.2. The van der Waals surface area contributed by atoms with Gasteiger partial charge in [-0.15, -0.1) is 20.5 Å². The van der Waals surface area contributed by atoms with Crippen molar-refractivity contribution < 1.29 is 87.3 Å². The number of phenolic OH excluding ortho intramolecular Hbond substituents is 1. The molecule has 1 aromatic heterocycles. The number of ether oxygens (including phenoxy) is 1. The molecular formula is C36H33ClN10O20S6. The van der Waals surface area contributed by atoms with Crippen LogP contribution in [0.4, 0.5) is 51.7 Å². The minimum atomic E-state index is -5.45. The topological polar surface area (TPSA) is 469 Å². The van der Waals surface area contributed by atoms with Gasteiger partial charge < -0.3 is 25.8 Å². The predicted molar refractivity (Wildman–Crippen MR) is 255 cm³/mol. The molecule has 6 aromatic rings. The Labute approximate surface area is 418 Å². The van der Waals surface area contributed by atoms with Crippen LogP contribution in [0.25, 0.3) is 10.8 Å². The van der Waals surface area contributed by atoms with Crippen LogP contribution >= 0.6 is 11.6 Å². The average molecular weight is 1150 g/mol. The maximum Gasteiger partial charge on any atom is 0.397 e. The van der Waals surface area contributed by atoms with Crippen molar-refractivity contribution in [1.29, 1.82) is 0 Å². The van der Waals surface area contributed by atoms with Crippen molar-refractivity contribution >= 4 is 135 Å². The van der Waals surface area contributed by atoms with Gasteiger partial charge in [0.05, 0.1) is 34.9 Å². The van der Waals surface area contributed by atoms with Crippen molar-refractivity contribution in [2.24, 2.45) is 20.5 Å². The molecule has 30 nitrogen and oxygen atoms in total. The molecule has 0 unspecified atom stereocenters. The number of anilines is 5. The number of benzene rings is 5. The van der Waals surface area contributed by atoms with Crippen LogP contribution < -0.4 is 20.7 Å². The molecule has 73 heavy (non-hydrogen) atoms. The lowest BCUT2D eigenvalue weighted by Gasteiger charge is -2.14. The lowest BCUT2D eigenvalue weighted by Crippen LogP contribution is -2.16. The normalized spacial score (nSPS) is 12.9. The number of azo groups is 2. The van der Waals surface area contributed by atoms with E-state index in [0.29, 0.717) is 6.07 Å². The molecule has 0 fully saturated rings. The molecule has 0 atom stereocenters. The third kappa shape index (κ3) is 14.3. The van der Waals surface area contributed by atoms with E-state index in [4.69, 9.17) is 20.9 Å². The van der Waals surface area contributed by atoms with Crippen molar-refractivity contribution in [3.8, 4) is 11.5 Å². The second-order valence-corrected chi connectivity index (χ2v) is 23.6. The van der Waals surface area contributed by atoms with Gasteiger partial charge in [0.25, 0.3) is 40.5 Å². The maximum atomic E-state index is 13.0. The summed E-state index contributed by atoms with van der Waals surface area (Å²) in [4.78, 5) is 9.06. The van der Waals surface area contributed by atoms with Crippen molar-refractivity contribution in [3.63, 3.8) is 0 Å². The highest BCUT2D eigenvalue weighted by atomic mass is 35.5. The first-order valence-corrected chi connectivity index (χ1v) is 28.6. The predicted octanol–water partition coefficient (Wildman–Crippen LogP) is 5.61. The number of hydrogen-bond acceptors (Lipinski definition) is 25. The Hall–Kier alpha value is -6.68. The van der Waals surface area contributed by atoms with E-state index in [-0.39, 0.29) is 51.3 Å². The fraction of sp³-hybridized carbons (Fsp3) is 0.139. The minimum absolute atomic E-state index is 0.0407. The Kier molecular flexibility index (Phi) is 16.0. The highest BCUT2D eigenvalue weighted by molar-refractivity contribution is 7.91. The number of fused-ring (bicyclic) bond motifs is 1. The molecule has 0 aliphatic carbocycles. The number of aromatic nitrogens is 3. The average Bonchev–Trinajstić information content (AvgIpc) is 3.25. The van der Waals surface area contributed by atoms with Gasteiger partial charge >= 0.3 is 10.4 Å². The van der Waals surface area contributed by atoms with Crippen LogP contribution in [0.3, 0.4) is 0 Å². The van der Waals surface area contributed by atoms with Gasteiger partial charge in [0.2, 0.25) is 17.2 Å². The zero-order valence-electron chi connectivity index (χ0n) is 36.4. The summed E-state index contributed by atoms with van der Waals surface area (Å²) in [5, 5.41) is 33.7. The van der Waals surface area contributed by atoms with Crippen LogP contribution in [0.1, 0.15) is 5.56 Å². The first-order valence-electron chi connectivity index (χ1n) is 19.2. The van der Waals surface area contributed by atoms with Crippen molar-refractivity contribution in [2.75, 3.05) is 41.3 Å². The molecule has 0 spiro atoms. The third-order valence-electron chi connectivity index (χ3n) is 9.35. The van der Waals surface area contributed by atoms with E-state index in [2.05, 4.69) is 55.5 Å². The smallest absolute Gasteiger partial charge is 0.397 e. The monoisotopic (exact) mass is 1150 g/mol. The number of phenols is 1. The molecule has 9 N–H and O–H groups in total. The molecule has 1 heterocycles. The first-order chi connectivity index (χ1) is 33.7. The SMILES string of the molecule is COc1cc(S(=O)(=O)CCOS(=O)(=O)O)c(C)cc1N=Nc1c(S(=O)(=O)O)cc2c(N=Nc3cc(Nc4nc(Cl)nc(Nc5ccc(S(=O)(=O)O)cc5)n4)ccc3S(=O)(=O)O)c(NCS(=O)(=O)O)ccc2c1O. The van der Waals surface area contributed by atoms with E-state index < -0.39 is 132 Å². The molecule has 37 heteroatoms. The Balaban J connectivity index is 1.44. The van der Waals surface area contributed by atoms with Crippen LogP contribution in [0.2, 0.25) is 5.28 Å². The van der Waals surface area contributed by atoms with Gasteiger partial charge in [-0.25, -0.2) is 12.6 Å². The summed E-state index contributed by atoms with van der Waals surface area (Å²) in [6.07, 6.45) is 0. The summed E-state index contributed by atoms with van der Waals surface area (Å²) >= 11 is 6.10. The number of nitrogens with one attached hydrogen (secondary N) is 3. The standard InChI is InChI=1S/C36H33ClN10O20S6/c1-18-13-25(27(66-2)16-29(18)68(49,50)12-11-67-73(63,64)65)44-47-32-30(72(60,61)62)15-23-22(33(32)48)8-9-24(38-17-69(51,52)53)31(23)46-45-26-14-20(5-10-28(26)71(57,58)59)40-36-42-34(37)41-35(43-36)39-19-3-6-21(7-4-19)70(54,55)56/h3-10,13-16,38,48H,11-12,17H2,1-2H3,(H,51,52,53)(H,54,55,56)(H,57,58,59)(H,60,61,62)(H,63,64,65)(H2,39,40,41,42,43). The van der Waals surface area contributed by atoms with Crippen molar-refractivity contribution in [3.05, 3.63) is 83.6 Å². The lowest BCUT2D eigenvalue weighted by atomic mass is 10.1. The molecule has 0 saturated carbocycles. The number of methoxy groups -OCH3 is 1. The number of halogens is 1.